The molecule has 1 heterocycles. The Labute approximate surface area is 110 Å². The number of nitrogens with zero attached hydrogens (tertiary/aromatic N) is 2. The maximum Gasteiger partial charge on any atom is 0.215 e. The molecule has 1 aromatic carbocycles. The van der Waals surface area contributed by atoms with Crippen molar-refractivity contribution in [2.75, 3.05) is 7.11 Å². The first-order valence-corrected chi connectivity index (χ1v) is 5.67. The molecule has 2 rings (SSSR count). The summed E-state index contributed by atoms with van der Waals surface area (Å²) in [5.41, 5.74) is 0.714. The van der Waals surface area contributed by atoms with Gasteiger partial charge >= 0.3 is 0 Å². The van der Waals surface area contributed by atoms with Crippen molar-refractivity contribution < 1.29 is 9.53 Å². The fraction of sp³-hybridized carbons (Fsp3) is 0.154. The van der Waals surface area contributed by atoms with Gasteiger partial charge in [0.15, 0.2) is 0 Å². The average Bonchev–Trinajstić information content (AvgIpc) is 2.38. The number of benzene rings is 1. The van der Waals surface area contributed by atoms with Gasteiger partial charge in [-0.15, -0.1) is 0 Å². The largest absolute Gasteiger partial charge is 0.496 e. The Morgan fingerprint density at radius 1 is 1.33 bits per heavy atom. The highest BCUT2D eigenvalue weighted by Crippen LogP contribution is 2.24. The molecule has 0 unspecified atom stereocenters. The normalized spacial score (nSPS) is 10.2. The summed E-state index contributed by atoms with van der Waals surface area (Å²) in [5, 5.41) is 0.477. The van der Waals surface area contributed by atoms with Crippen LogP contribution in [0.5, 0.6) is 5.75 Å². The van der Waals surface area contributed by atoms with Crippen molar-refractivity contribution in [3.63, 3.8) is 0 Å². The summed E-state index contributed by atoms with van der Waals surface area (Å²) in [6, 6.07) is 6.46. The highest BCUT2D eigenvalue weighted by atomic mass is 35.5. The highest BCUT2D eigenvalue weighted by molar-refractivity contribution is 6.31. The van der Waals surface area contributed by atoms with Crippen LogP contribution in [0.4, 0.5) is 0 Å². The van der Waals surface area contributed by atoms with E-state index >= 15 is 0 Å². The first kappa shape index (κ1) is 12.5. The molecular formula is C13H11ClN2O2. The van der Waals surface area contributed by atoms with E-state index in [1.807, 2.05) is 0 Å². The Balaban J connectivity index is 2.48. The van der Waals surface area contributed by atoms with Gasteiger partial charge in [0.1, 0.15) is 17.3 Å². The lowest BCUT2D eigenvalue weighted by molar-refractivity contribution is 0.103. The molecule has 92 valence electrons. The summed E-state index contributed by atoms with van der Waals surface area (Å²) in [5.74, 6) is 0.780. The van der Waals surface area contributed by atoms with Crippen LogP contribution in [0.25, 0.3) is 0 Å². The predicted molar refractivity (Wildman–Crippen MR) is 68.2 cm³/mol. The minimum Gasteiger partial charge on any atom is -0.496 e. The summed E-state index contributed by atoms with van der Waals surface area (Å²) < 4.78 is 5.15. The molecular weight excluding hydrogens is 252 g/mol. The number of carbonyl (C=O) groups is 1. The maximum absolute atomic E-state index is 12.3. The standard InChI is InChI=1S/C13H11ClN2O2/c1-8-15-6-5-11(16-8)13(17)10-7-9(14)3-4-12(10)18-2/h3-7H,1-2H3. The molecule has 0 saturated heterocycles. The van der Waals surface area contributed by atoms with E-state index in [4.69, 9.17) is 16.3 Å². The zero-order chi connectivity index (χ0) is 13.1. The van der Waals surface area contributed by atoms with Crippen molar-refractivity contribution in [2.45, 2.75) is 6.92 Å². The second kappa shape index (κ2) is 5.14. The molecule has 0 bridgehead atoms. The number of methoxy groups -OCH3 is 1. The molecule has 0 fully saturated rings. The molecule has 0 amide bonds. The monoisotopic (exact) mass is 262 g/mol. The van der Waals surface area contributed by atoms with Gasteiger partial charge in [0.25, 0.3) is 0 Å². The SMILES string of the molecule is COc1ccc(Cl)cc1C(=O)c1ccnc(C)n1. The summed E-state index contributed by atoms with van der Waals surface area (Å²) in [6.45, 7) is 1.73. The Morgan fingerprint density at radius 2 is 2.11 bits per heavy atom. The highest BCUT2D eigenvalue weighted by Gasteiger charge is 2.16. The van der Waals surface area contributed by atoms with Crippen LogP contribution < -0.4 is 4.74 Å². The quantitative estimate of drug-likeness (QED) is 0.798. The molecule has 0 radical (unpaired) electrons. The molecule has 0 aliphatic carbocycles. The number of hydrogen-bond acceptors (Lipinski definition) is 4. The fourth-order valence-electron chi connectivity index (χ4n) is 1.58. The third-order valence-corrected chi connectivity index (χ3v) is 2.65. The van der Waals surface area contributed by atoms with Crippen molar-refractivity contribution in [2.24, 2.45) is 0 Å². The van der Waals surface area contributed by atoms with Crippen LogP contribution in [-0.4, -0.2) is 22.9 Å². The van der Waals surface area contributed by atoms with Gasteiger partial charge in [-0.05, 0) is 31.2 Å². The molecule has 0 saturated carbocycles. The van der Waals surface area contributed by atoms with Crippen molar-refractivity contribution in [1.29, 1.82) is 0 Å². The van der Waals surface area contributed by atoms with E-state index in [0.29, 0.717) is 27.9 Å². The smallest absolute Gasteiger partial charge is 0.215 e. The second-order valence-corrected chi connectivity index (χ2v) is 4.10. The summed E-state index contributed by atoms with van der Waals surface area (Å²) >= 11 is 5.90. The summed E-state index contributed by atoms with van der Waals surface area (Å²) in [6.07, 6.45) is 1.55. The fourth-order valence-corrected chi connectivity index (χ4v) is 1.75. The molecule has 18 heavy (non-hydrogen) atoms. The number of aryl methyl sites for hydroxylation is 1. The number of carbonyl (C=O) groups excluding carboxylic acids is 1. The van der Waals surface area contributed by atoms with Crippen molar-refractivity contribution in [3.8, 4) is 5.75 Å². The molecule has 0 atom stereocenters. The topological polar surface area (TPSA) is 52.1 Å². The predicted octanol–water partition coefficient (Wildman–Crippen LogP) is 2.68. The Bertz CT molecular complexity index is 599. The van der Waals surface area contributed by atoms with Crippen LogP contribution in [0.3, 0.4) is 0 Å². The minimum absolute atomic E-state index is 0.236. The van der Waals surface area contributed by atoms with E-state index in [0.717, 1.165) is 0 Å². The van der Waals surface area contributed by atoms with E-state index in [1.54, 1.807) is 37.4 Å². The van der Waals surface area contributed by atoms with Gasteiger partial charge in [-0.3, -0.25) is 4.79 Å². The van der Waals surface area contributed by atoms with Crippen LogP contribution >= 0.6 is 11.6 Å². The minimum atomic E-state index is -0.236. The zero-order valence-electron chi connectivity index (χ0n) is 9.98. The molecule has 5 heteroatoms. The van der Waals surface area contributed by atoms with E-state index in [-0.39, 0.29) is 5.78 Å². The number of rotatable bonds is 3. The maximum atomic E-state index is 12.3. The molecule has 0 aliphatic rings. The average molecular weight is 263 g/mol. The zero-order valence-corrected chi connectivity index (χ0v) is 10.7. The Kier molecular flexibility index (Phi) is 3.58. The van der Waals surface area contributed by atoms with Crippen LogP contribution in [0.2, 0.25) is 5.02 Å². The van der Waals surface area contributed by atoms with Gasteiger partial charge in [-0.2, -0.15) is 0 Å². The number of ketones is 1. The van der Waals surface area contributed by atoms with E-state index in [9.17, 15) is 4.79 Å². The van der Waals surface area contributed by atoms with Crippen molar-refractivity contribution >= 4 is 17.4 Å². The molecule has 4 nitrogen and oxygen atoms in total. The number of aromatic nitrogens is 2. The Hall–Kier alpha value is -1.94. The van der Waals surface area contributed by atoms with Gasteiger partial charge in [0.2, 0.25) is 5.78 Å². The first-order valence-electron chi connectivity index (χ1n) is 5.29. The van der Waals surface area contributed by atoms with Crippen molar-refractivity contribution in [3.05, 3.63) is 52.6 Å². The van der Waals surface area contributed by atoms with E-state index in [1.165, 1.54) is 7.11 Å². The van der Waals surface area contributed by atoms with Crippen LogP contribution in [-0.2, 0) is 0 Å². The third-order valence-electron chi connectivity index (χ3n) is 2.41. The van der Waals surface area contributed by atoms with Gasteiger partial charge < -0.3 is 4.74 Å². The molecule has 0 spiro atoms. The Morgan fingerprint density at radius 3 is 2.78 bits per heavy atom. The van der Waals surface area contributed by atoms with Crippen LogP contribution in [0, 0.1) is 6.92 Å². The van der Waals surface area contributed by atoms with Crippen LogP contribution in [0.1, 0.15) is 21.9 Å². The van der Waals surface area contributed by atoms with E-state index < -0.39 is 0 Å². The third kappa shape index (κ3) is 2.49. The lowest BCUT2D eigenvalue weighted by Gasteiger charge is -2.07. The van der Waals surface area contributed by atoms with Gasteiger partial charge in [-0.1, -0.05) is 11.6 Å². The van der Waals surface area contributed by atoms with Gasteiger partial charge in [0.05, 0.1) is 12.7 Å². The summed E-state index contributed by atoms with van der Waals surface area (Å²) in [7, 11) is 1.51. The van der Waals surface area contributed by atoms with Gasteiger partial charge in [0, 0.05) is 11.2 Å². The van der Waals surface area contributed by atoms with Gasteiger partial charge in [-0.25, -0.2) is 9.97 Å². The molecule has 2 aromatic rings. The number of halogens is 1. The second-order valence-electron chi connectivity index (χ2n) is 3.66. The lowest BCUT2D eigenvalue weighted by Crippen LogP contribution is -2.07. The van der Waals surface area contributed by atoms with E-state index in [2.05, 4.69) is 9.97 Å². The van der Waals surface area contributed by atoms with Crippen molar-refractivity contribution in [1.82, 2.24) is 9.97 Å². The number of hydrogen-bond donors (Lipinski definition) is 0. The van der Waals surface area contributed by atoms with Crippen LogP contribution in [0.15, 0.2) is 30.5 Å². The summed E-state index contributed by atoms with van der Waals surface area (Å²) in [4.78, 5) is 20.4. The number of ether oxygens (including phenoxy) is 1. The molecule has 1 aromatic heterocycles. The molecule has 0 N–H and O–H groups in total. The molecule has 0 aliphatic heterocycles. The lowest BCUT2D eigenvalue weighted by atomic mass is 10.1. The first-order chi connectivity index (χ1) is 8.61.